The summed E-state index contributed by atoms with van der Waals surface area (Å²) >= 11 is 0. The second-order valence-corrected chi connectivity index (χ2v) is 13.3. The number of ether oxygens (including phenoxy) is 3. The Morgan fingerprint density at radius 1 is 0.596 bits per heavy atom. The van der Waals surface area contributed by atoms with Gasteiger partial charge in [-0.3, -0.25) is 9.68 Å². The Hall–Kier alpha value is -4.95. The molecule has 0 radical (unpaired) electrons. The molecule has 246 valence electrons. The molecule has 0 aromatic heterocycles. The molecule has 0 amide bonds. The molecule has 0 fully saturated rings. The van der Waals surface area contributed by atoms with Crippen molar-refractivity contribution in [2.24, 2.45) is 5.92 Å². The van der Waals surface area contributed by atoms with E-state index in [-0.39, 0.29) is 35.4 Å². The fraction of sp³-hybridized carbons (Fsp3) is 0.308. The maximum Gasteiger partial charge on any atom is 0.546 e. The van der Waals surface area contributed by atoms with Crippen molar-refractivity contribution in [2.75, 3.05) is 6.61 Å². The number of carbonyl (C=O) groups is 3. The molecule has 0 saturated carbocycles. The maximum atomic E-state index is 12.5. The van der Waals surface area contributed by atoms with Gasteiger partial charge in [-0.1, -0.05) is 121 Å². The third-order valence-electron chi connectivity index (χ3n) is 7.64. The minimum absolute atomic E-state index is 0.0134. The van der Waals surface area contributed by atoms with Crippen molar-refractivity contribution in [1.82, 2.24) is 0 Å². The second kappa shape index (κ2) is 15.1. The van der Waals surface area contributed by atoms with Crippen LogP contribution in [0.25, 0.3) is 22.3 Å². The van der Waals surface area contributed by atoms with E-state index >= 15 is 0 Å². The number of hydrogen-bond donors (Lipinski definition) is 0. The standard InChI is InChI=1S/C39H42O8/c1-8-26(25-43-47-37(42)45-34-21-17-28(18-22-34)30-12-10-14-32(24-30)39(5,6)7)35(40)46-36(41)44-33-19-15-27(16-20-33)29-11-9-13-31(23-29)38(2,3)4/h9-24,26H,8,25H2,1-7H3. The van der Waals surface area contributed by atoms with Crippen LogP contribution in [0.15, 0.2) is 97.1 Å². The van der Waals surface area contributed by atoms with Gasteiger partial charge in [-0.05, 0) is 74.9 Å². The number of rotatable bonds is 9. The van der Waals surface area contributed by atoms with Crippen LogP contribution in [-0.2, 0) is 30.1 Å². The molecule has 1 unspecified atom stereocenters. The monoisotopic (exact) mass is 638 g/mol. The van der Waals surface area contributed by atoms with E-state index in [9.17, 15) is 14.4 Å². The topological polar surface area (TPSA) is 97.4 Å². The summed E-state index contributed by atoms with van der Waals surface area (Å²) in [6, 6.07) is 30.4. The van der Waals surface area contributed by atoms with Crippen molar-refractivity contribution in [1.29, 1.82) is 0 Å². The average Bonchev–Trinajstić information content (AvgIpc) is 3.03. The Morgan fingerprint density at radius 2 is 1.04 bits per heavy atom. The summed E-state index contributed by atoms with van der Waals surface area (Å²) in [5, 5.41) is 0. The summed E-state index contributed by atoms with van der Waals surface area (Å²) < 4.78 is 15.2. The molecule has 8 nitrogen and oxygen atoms in total. The predicted molar refractivity (Wildman–Crippen MR) is 180 cm³/mol. The van der Waals surface area contributed by atoms with Crippen molar-refractivity contribution in [2.45, 2.75) is 65.7 Å². The molecule has 0 aliphatic heterocycles. The Bertz CT molecular complexity index is 1680. The van der Waals surface area contributed by atoms with Gasteiger partial charge in [-0.25, -0.2) is 9.59 Å². The van der Waals surface area contributed by atoms with E-state index in [4.69, 9.17) is 19.1 Å². The first-order valence-electron chi connectivity index (χ1n) is 15.6. The zero-order valence-corrected chi connectivity index (χ0v) is 28.0. The Morgan fingerprint density at radius 3 is 1.47 bits per heavy atom. The zero-order chi connectivity index (χ0) is 34.2. The minimum Gasteiger partial charge on any atom is -0.395 e. The lowest BCUT2D eigenvalue weighted by Gasteiger charge is -2.19. The smallest absolute Gasteiger partial charge is 0.395 e. The number of hydrogen-bond acceptors (Lipinski definition) is 8. The molecule has 0 bridgehead atoms. The molecule has 0 aliphatic rings. The first-order chi connectivity index (χ1) is 22.2. The van der Waals surface area contributed by atoms with E-state index in [0.29, 0.717) is 0 Å². The Labute approximate surface area is 276 Å². The van der Waals surface area contributed by atoms with Crippen LogP contribution in [0.4, 0.5) is 9.59 Å². The fourth-order valence-electron chi connectivity index (χ4n) is 4.67. The number of carbonyl (C=O) groups excluding carboxylic acids is 3. The second-order valence-electron chi connectivity index (χ2n) is 13.3. The molecule has 0 saturated heterocycles. The largest absolute Gasteiger partial charge is 0.546 e. The van der Waals surface area contributed by atoms with Gasteiger partial charge < -0.3 is 14.2 Å². The fourth-order valence-corrected chi connectivity index (χ4v) is 4.67. The zero-order valence-electron chi connectivity index (χ0n) is 28.0. The lowest BCUT2D eigenvalue weighted by Crippen LogP contribution is -2.27. The van der Waals surface area contributed by atoms with Gasteiger partial charge in [0.25, 0.3) is 0 Å². The molecule has 47 heavy (non-hydrogen) atoms. The Balaban J connectivity index is 1.22. The molecule has 4 aromatic carbocycles. The van der Waals surface area contributed by atoms with Crippen LogP contribution in [0.1, 0.15) is 66.0 Å². The van der Waals surface area contributed by atoms with E-state index in [1.165, 1.54) is 11.1 Å². The van der Waals surface area contributed by atoms with Gasteiger partial charge in [0.2, 0.25) is 0 Å². The molecular formula is C39H42O8. The summed E-state index contributed by atoms with van der Waals surface area (Å²) in [4.78, 5) is 46.6. The van der Waals surface area contributed by atoms with Crippen LogP contribution >= 0.6 is 0 Å². The van der Waals surface area contributed by atoms with Gasteiger partial charge in [-0.2, -0.15) is 4.89 Å². The lowest BCUT2D eigenvalue weighted by atomic mass is 9.85. The van der Waals surface area contributed by atoms with E-state index in [1.807, 2.05) is 48.5 Å². The summed E-state index contributed by atoms with van der Waals surface area (Å²) in [5.74, 6) is -1.29. The number of esters is 1. The Kier molecular flexibility index (Phi) is 11.2. The molecule has 0 heterocycles. The van der Waals surface area contributed by atoms with Crippen molar-refractivity contribution in [3.05, 3.63) is 108 Å². The third kappa shape index (κ3) is 10.0. The minimum atomic E-state index is -1.18. The highest BCUT2D eigenvalue weighted by Gasteiger charge is 2.24. The van der Waals surface area contributed by atoms with Gasteiger partial charge in [0, 0.05) is 0 Å². The van der Waals surface area contributed by atoms with Gasteiger partial charge >= 0.3 is 18.3 Å². The van der Waals surface area contributed by atoms with Crippen molar-refractivity contribution in [3.63, 3.8) is 0 Å². The van der Waals surface area contributed by atoms with Crippen LogP contribution in [0.3, 0.4) is 0 Å². The first-order valence-corrected chi connectivity index (χ1v) is 15.6. The maximum absolute atomic E-state index is 12.5. The van der Waals surface area contributed by atoms with Crippen LogP contribution in [0.2, 0.25) is 0 Å². The van der Waals surface area contributed by atoms with Crippen molar-refractivity contribution in [3.8, 4) is 33.8 Å². The normalized spacial score (nSPS) is 12.1. The summed E-state index contributed by atoms with van der Waals surface area (Å²) in [5.41, 5.74) is 6.46. The highest BCUT2D eigenvalue weighted by Crippen LogP contribution is 2.30. The van der Waals surface area contributed by atoms with Crippen LogP contribution in [-0.4, -0.2) is 24.9 Å². The molecular weight excluding hydrogens is 596 g/mol. The molecule has 4 aromatic rings. The number of benzene rings is 4. The third-order valence-corrected chi connectivity index (χ3v) is 7.64. The van der Waals surface area contributed by atoms with Crippen molar-refractivity contribution < 1.29 is 38.4 Å². The van der Waals surface area contributed by atoms with Gasteiger partial charge in [-0.15, -0.1) is 0 Å². The molecule has 8 heteroatoms. The van der Waals surface area contributed by atoms with E-state index in [1.54, 1.807) is 31.2 Å². The highest BCUT2D eigenvalue weighted by atomic mass is 17.2. The quantitative estimate of drug-likeness (QED) is 0.0588. The van der Waals surface area contributed by atoms with Crippen molar-refractivity contribution >= 4 is 18.3 Å². The van der Waals surface area contributed by atoms with Crippen LogP contribution in [0, 0.1) is 5.92 Å². The van der Waals surface area contributed by atoms with E-state index < -0.39 is 24.2 Å². The van der Waals surface area contributed by atoms with Gasteiger partial charge in [0.05, 0.1) is 5.92 Å². The van der Waals surface area contributed by atoms with Crippen LogP contribution < -0.4 is 9.47 Å². The van der Waals surface area contributed by atoms with Gasteiger partial charge in [0.15, 0.2) is 0 Å². The van der Waals surface area contributed by atoms with E-state index in [0.717, 1.165) is 22.3 Å². The molecule has 0 N–H and O–H groups in total. The average molecular weight is 639 g/mol. The lowest BCUT2D eigenvalue weighted by molar-refractivity contribution is -0.256. The molecule has 0 spiro atoms. The summed E-state index contributed by atoms with van der Waals surface area (Å²) in [7, 11) is 0. The van der Waals surface area contributed by atoms with Crippen LogP contribution in [0.5, 0.6) is 11.5 Å². The van der Waals surface area contributed by atoms with Gasteiger partial charge in [0.1, 0.15) is 18.1 Å². The summed E-state index contributed by atoms with van der Waals surface area (Å²) in [6.07, 6.45) is -2.03. The van der Waals surface area contributed by atoms with E-state index in [2.05, 4.69) is 70.7 Å². The molecule has 1 atom stereocenters. The first kappa shape index (κ1) is 34.9. The molecule has 4 rings (SSSR count). The molecule has 0 aliphatic carbocycles. The predicted octanol–water partition coefficient (Wildman–Crippen LogP) is 9.83. The SMILES string of the molecule is CCC(COOC(=O)Oc1ccc(-c2cccc(C(C)(C)C)c2)cc1)C(=O)OC(=O)Oc1ccc(-c2cccc(C(C)(C)C)c2)cc1. The summed E-state index contributed by atoms with van der Waals surface area (Å²) in [6.45, 7) is 14.3. The highest BCUT2D eigenvalue weighted by molar-refractivity contribution is 5.84.